The second-order valence-electron chi connectivity index (χ2n) is 3.78. The van der Waals surface area contributed by atoms with E-state index in [4.69, 9.17) is 9.26 Å². The molecule has 4 nitrogen and oxygen atoms in total. The molecule has 0 bridgehead atoms. The van der Waals surface area contributed by atoms with Crippen molar-refractivity contribution < 1.29 is 9.26 Å². The maximum atomic E-state index is 5.34. The van der Waals surface area contributed by atoms with Gasteiger partial charge in [0.25, 0.3) is 0 Å². The molecular weight excluding hydrogens is 180 g/mol. The number of nitrogens with zero attached hydrogens (tertiary/aromatic N) is 1. The second kappa shape index (κ2) is 4.57. The minimum Gasteiger partial charge on any atom is -0.381 e. The van der Waals surface area contributed by atoms with E-state index in [1.165, 1.54) is 0 Å². The van der Waals surface area contributed by atoms with Crippen LogP contribution in [-0.2, 0) is 11.3 Å². The van der Waals surface area contributed by atoms with Gasteiger partial charge in [-0.15, -0.1) is 0 Å². The lowest BCUT2D eigenvalue weighted by Gasteiger charge is -2.18. The number of rotatable bonds is 4. The Kier molecular flexibility index (Phi) is 3.16. The zero-order valence-electron chi connectivity index (χ0n) is 8.40. The molecule has 1 N–H and O–H groups in total. The average Bonchev–Trinajstić information content (AvgIpc) is 2.87. The Hall–Kier alpha value is -0.870. The van der Waals surface area contributed by atoms with Crippen molar-refractivity contribution in [2.24, 2.45) is 5.92 Å². The van der Waals surface area contributed by atoms with Crippen molar-refractivity contribution >= 4 is 0 Å². The fourth-order valence-corrected chi connectivity index (χ4v) is 1.71. The molecule has 2 atom stereocenters. The van der Waals surface area contributed by atoms with E-state index in [-0.39, 0.29) is 0 Å². The van der Waals surface area contributed by atoms with Crippen LogP contribution in [0.4, 0.5) is 0 Å². The molecule has 2 rings (SSSR count). The molecule has 2 heterocycles. The summed E-state index contributed by atoms with van der Waals surface area (Å²) in [4.78, 5) is 0. The Morgan fingerprint density at radius 2 is 2.64 bits per heavy atom. The molecule has 1 aliphatic heterocycles. The molecule has 1 aromatic heterocycles. The lowest BCUT2D eigenvalue weighted by atomic mass is 10.0. The molecule has 2 unspecified atom stereocenters. The zero-order chi connectivity index (χ0) is 9.80. The summed E-state index contributed by atoms with van der Waals surface area (Å²) >= 11 is 0. The number of aromatic nitrogens is 1. The molecule has 0 radical (unpaired) electrons. The highest BCUT2D eigenvalue weighted by Crippen LogP contribution is 2.16. The predicted molar refractivity (Wildman–Crippen MR) is 51.7 cm³/mol. The van der Waals surface area contributed by atoms with Gasteiger partial charge in [-0.1, -0.05) is 5.16 Å². The third kappa shape index (κ3) is 2.33. The van der Waals surface area contributed by atoms with Crippen LogP contribution in [0.15, 0.2) is 16.9 Å². The topological polar surface area (TPSA) is 47.3 Å². The van der Waals surface area contributed by atoms with Crippen LogP contribution in [0.25, 0.3) is 0 Å². The molecular formula is C10H16N2O2. The minimum absolute atomic E-state index is 0.481. The quantitative estimate of drug-likeness (QED) is 0.785. The van der Waals surface area contributed by atoms with Crippen molar-refractivity contribution in [1.29, 1.82) is 0 Å². The van der Waals surface area contributed by atoms with Crippen molar-refractivity contribution in [1.82, 2.24) is 10.5 Å². The summed E-state index contributed by atoms with van der Waals surface area (Å²) in [5.74, 6) is 0.641. The molecule has 0 aliphatic carbocycles. The zero-order valence-corrected chi connectivity index (χ0v) is 8.40. The largest absolute Gasteiger partial charge is 0.381 e. The smallest absolute Gasteiger partial charge is 0.124 e. The lowest BCUT2D eigenvalue weighted by molar-refractivity contribution is 0.178. The number of hydrogen-bond acceptors (Lipinski definition) is 4. The Morgan fingerprint density at radius 1 is 1.71 bits per heavy atom. The van der Waals surface area contributed by atoms with Crippen molar-refractivity contribution in [2.45, 2.75) is 25.9 Å². The first-order valence-corrected chi connectivity index (χ1v) is 5.06. The van der Waals surface area contributed by atoms with Crippen LogP contribution in [0.1, 0.15) is 19.0 Å². The maximum absolute atomic E-state index is 5.34. The summed E-state index contributed by atoms with van der Waals surface area (Å²) in [6, 6.07) is 2.36. The van der Waals surface area contributed by atoms with Crippen LogP contribution in [0.3, 0.4) is 0 Å². The summed E-state index contributed by atoms with van der Waals surface area (Å²) in [7, 11) is 0. The second-order valence-corrected chi connectivity index (χ2v) is 3.78. The van der Waals surface area contributed by atoms with Gasteiger partial charge in [0.2, 0.25) is 0 Å². The van der Waals surface area contributed by atoms with Crippen molar-refractivity contribution in [3.63, 3.8) is 0 Å². The van der Waals surface area contributed by atoms with E-state index in [0.29, 0.717) is 12.0 Å². The summed E-state index contributed by atoms with van der Waals surface area (Å²) in [5, 5.41) is 7.27. The highest BCUT2D eigenvalue weighted by molar-refractivity contribution is 4.95. The Balaban J connectivity index is 1.74. The maximum Gasteiger partial charge on any atom is 0.124 e. The molecule has 1 aliphatic rings. The van der Waals surface area contributed by atoms with Gasteiger partial charge in [0.1, 0.15) is 6.26 Å². The van der Waals surface area contributed by atoms with Crippen LogP contribution in [0.2, 0.25) is 0 Å². The molecule has 0 spiro atoms. The van der Waals surface area contributed by atoms with Crippen LogP contribution < -0.4 is 5.32 Å². The summed E-state index contributed by atoms with van der Waals surface area (Å²) in [6.07, 6.45) is 2.76. The van der Waals surface area contributed by atoms with Crippen LogP contribution in [0, 0.1) is 5.92 Å². The fraction of sp³-hybridized carbons (Fsp3) is 0.700. The average molecular weight is 196 g/mol. The SMILES string of the molecule is CC(NCc1ccon1)C1CCOC1. The molecule has 78 valence electrons. The van der Waals surface area contributed by atoms with Gasteiger partial charge in [-0.05, 0) is 19.3 Å². The number of hydrogen-bond donors (Lipinski definition) is 1. The first-order chi connectivity index (χ1) is 6.86. The van der Waals surface area contributed by atoms with Gasteiger partial charge >= 0.3 is 0 Å². The first kappa shape index (κ1) is 9.68. The predicted octanol–water partition coefficient (Wildman–Crippen LogP) is 1.19. The third-order valence-corrected chi connectivity index (χ3v) is 2.77. The van der Waals surface area contributed by atoms with Crippen LogP contribution in [0.5, 0.6) is 0 Å². The van der Waals surface area contributed by atoms with Gasteiger partial charge in [-0.2, -0.15) is 0 Å². The van der Waals surface area contributed by atoms with E-state index in [1.807, 2.05) is 6.07 Å². The third-order valence-electron chi connectivity index (χ3n) is 2.77. The van der Waals surface area contributed by atoms with Gasteiger partial charge in [0, 0.05) is 25.3 Å². The summed E-state index contributed by atoms with van der Waals surface area (Å²) in [6.45, 7) is 4.75. The van der Waals surface area contributed by atoms with Gasteiger partial charge < -0.3 is 14.6 Å². The van der Waals surface area contributed by atoms with Gasteiger partial charge in [0.15, 0.2) is 0 Å². The summed E-state index contributed by atoms with van der Waals surface area (Å²) in [5.41, 5.74) is 0.954. The van der Waals surface area contributed by atoms with E-state index in [0.717, 1.165) is 31.9 Å². The summed E-state index contributed by atoms with van der Waals surface area (Å²) < 4.78 is 10.1. The van der Waals surface area contributed by atoms with E-state index in [2.05, 4.69) is 17.4 Å². The number of ether oxygens (including phenoxy) is 1. The first-order valence-electron chi connectivity index (χ1n) is 5.06. The van der Waals surface area contributed by atoms with E-state index in [1.54, 1.807) is 6.26 Å². The molecule has 4 heteroatoms. The molecule has 0 aromatic carbocycles. The van der Waals surface area contributed by atoms with Crippen molar-refractivity contribution in [2.75, 3.05) is 13.2 Å². The Bertz CT molecular complexity index is 255. The molecule has 0 amide bonds. The van der Waals surface area contributed by atoms with Crippen LogP contribution in [-0.4, -0.2) is 24.4 Å². The van der Waals surface area contributed by atoms with E-state index < -0.39 is 0 Å². The highest BCUT2D eigenvalue weighted by Gasteiger charge is 2.21. The van der Waals surface area contributed by atoms with Gasteiger partial charge in [-0.25, -0.2) is 0 Å². The molecule has 0 saturated carbocycles. The molecule has 1 aromatic rings. The van der Waals surface area contributed by atoms with E-state index >= 15 is 0 Å². The fourth-order valence-electron chi connectivity index (χ4n) is 1.71. The Morgan fingerprint density at radius 3 is 3.29 bits per heavy atom. The van der Waals surface area contributed by atoms with Gasteiger partial charge in [-0.3, -0.25) is 0 Å². The van der Waals surface area contributed by atoms with Crippen molar-refractivity contribution in [3.8, 4) is 0 Å². The van der Waals surface area contributed by atoms with E-state index in [9.17, 15) is 0 Å². The van der Waals surface area contributed by atoms with Crippen molar-refractivity contribution in [3.05, 3.63) is 18.0 Å². The lowest BCUT2D eigenvalue weighted by Crippen LogP contribution is -2.33. The minimum atomic E-state index is 0.481. The number of nitrogens with one attached hydrogen (secondary N) is 1. The van der Waals surface area contributed by atoms with Gasteiger partial charge in [0.05, 0.1) is 12.3 Å². The molecule has 1 saturated heterocycles. The standard InChI is InChI=1S/C10H16N2O2/c1-8(9-2-4-13-7-9)11-6-10-3-5-14-12-10/h3,5,8-9,11H,2,4,6-7H2,1H3. The molecule has 1 fully saturated rings. The van der Waals surface area contributed by atoms with Crippen LogP contribution >= 0.6 is 0 Å². The Labute approximate surface area is 83.6 Å². The monoisotopic (exact) mass is 196 g/mol. The normalized spacial score (nSPS) is 23.9. The highest BCUT2D eigenvalue weighted by atomic mass is 16.5. The molecule has 14 heavy (non-hydrogen) atoms.